The fraction of sp³-hybridized carbons (Fsp3) is 0.130. The molecule has 0 aromatic heterocycles. The Morgan fingerprint density at radius 2 is 1.55 bits per heavy atom. The summed E-state index contributed by atoms with van der Waals surface area (Å²) in [5.74, 6) is -0.399. The third-order valence-electron chi connectivity index (χ3n) is 4.53. The van der Waals surface area contributed by atoms with Gasteiger partial charge < -0.3 is 20.5 Å². The molecule has 0 heterocycles. The molecular formula is C23H22N2O4. The van der Waals surface area contributed by atoms with Gasteiger partial charge in [0.2, 0.25) is 0 Å². The van der Waals surface area contributed by atoms with Crippen molar-refractivity contribution < 1.29 is 19.4 Å². The zero-order valence-electron chi connectivity index (χ0n) is 16.2. The molecule has 148 valence electrons. The summed E-state index contributed by atoms with van der Waals surface area (Å²) in [6.07, 6.45) is -0.0118. The first kappa shape index (κ1) is 19.9. The lowest BCUT2D eigenvalue weighted by atomic mass is 10.0. The number of aliphatic carboxylic acids is 1. The van der Waals surface area contributed by atoms with Crippen LogP contribution in [0.3, 0.4) is 0 Å². The number of nitrogens with one attached hydrogen (secondary N) is 2. The second-order valence-corrected chi connectivity index (χ2v) is 6.46. The second kappa shape index (κ2) is 8.93. The molecular weight excluding hydrogens is 368 g/mol. The monoisotopic (exact) mass is 390 g/mol. The van der Waals surface area contributed by atoms with Crippen LogP contribution >= 0.6 is 0 Å². The van der Waals surface area contributed by atoms with E-state index < -0.39 is 5.97 Å². The number of methoxy groups -OCH3 is 1. The molecule has 3 aromatic rings. The highest BCUT2D eigenvalue weighted by Crippen LogP contribution is 2.29. The Morgan fingerprint density at radius 1 is 0.897 bits per heavy atom. The van der Waals surface area contributed by atoms with Gasteiger partial charge in [0, 0.05) is 12.6 Å². The van der Waals surface area contributed by atoms with Crippen LogP contribution in [0.5, 0.6) is 5.75 Å². The first-order valence-corrected chi connectivity index (χ1v) is 9.08. The van der Waals surface area contributed by atoms with Crippen LogP contribution in [-0.4, -0.2) is 31.1 Å². The Labute approximate surface area is 169 Å². The van der Waals surface area contributed by atoms with Gasteiger partial charge in [-0.15, -0.1) is 0 Å². The highest BCUT2D eigenvalue weighted by molar-refractivity contribution is 6.06. The third-order valence-corrected chi connectivity index (χ3v) is 4.53. The molecule has 3 rings (SSSR count). The molecule has 0 spiro atoms. The Hall–Kier alpha value is -3.80. The Kier molecular flexibility index (Phi) is 6.14. The van der Waals surface area contributed by atoms with Crippen LogP contribution in [0.4, 0.5) is 11.4 Å². The van der Waals surface area contributed by atoms with Crippen LogP contribution in [0.2, 0.25) is 0 Å². The fourth-order valence-corrected chi connectivity index (χ4v) is 2.97. The number of hydrogen-bond donors (Lipinski definition) is 3. The van der Waals surface area contributed by atoms with Crippen molar-refractivity contribution in [2.24, 2.45) is 0 Å². The molecule has 0 aliphatic rings. The van der Waals surface area contributed by atoms with Gasteiger partial charge in [-0.3, -0.25) is 9.59 Å². The Morgan fingerprint density at radius 3 is 2.14 bits per heavy atom. The quantitative estimate of drug-likeness (QED) is 0.560. The molecule has 0 aliphatic heterocycles. The smallest absolute Gasteiger partial charge is 0.307 e. The Bertz CT molecular complexity index is 1010. The molecule has 0 atom stereocenters. The van der Waals surface area contributed by atoms with Gasteiger partial charge in [-0.2, -0.15) is 0 Å². The van der Waals surface area contributed by atoms with E-state index in [9.17, 15) is 9.59 Å². The van der Waals surface area contributed by atoms with Crippen LogP contribution in [0, 0.1) is 0 Å². The molecule has 0 radical (unpaired) electrons. The normalized spacial score (nSPS) is 10.3. The number of anilines is 2. The van der Waals surface area contributed by atoms with Crippen LogP contribution < -0.4 is 15.4 Å². The third kappa shape index (κ3) is 4.93. The van der Waals surface area contributed by atoms with Crippen molar-refractivity contribution in [3.63, 3.8) is 0 Å². The molecule has 3 aromatic carbocycles. The molecule has 6 nitrogen and oxygen atoms in total. The molecule has 0 saturated heterocycles. The molecule has 0 saturated carbocycles. The van der Waals surface area contributed by atoms with Crippen LogP contribution in [0.1, 0.15) is 15.9 Å². The maximum Gasteiger partial charge on any atom is 0.307 e. The summed E-state index contributed by atoms with van der Waals surface area (Å²) in [5, 5.41) is 14.9. The molecule has 0 unspecified atom stereocenters. The molecule has 3 N–H and O–H groups in total. The molecule has 6 heteroatoms. The maximum absolute atomic E-state index is 12.6. The lowest BCUT2D eigenvalue weighted by molar-refractivity contribution is -0.136. The molecule has 29 heavy (non-hydrogen) atoms. The minimum absolute atomic E-state index is 0.0118. The van der Waals surface area contributed by atoms with Crippen molar-refractivity contribution in [2.75, 3.05) is 24.8 Å². The summed E-state index contributed by atoms with van der Waals surface area (Å²) in [6.45, 7) is 0. The minimum atomic E-state index is -0.861. The van der Waals surface area contributed by atoms with E-state index in [1.54, 1.807) is 50.6 Å². The largest absolute Gasteiger partial charge is 0.497 e. The molecule has 0 fully saturated rings. The number of hydrogen-bond acceptors (Lipinski definition) is 4. The average Bonchev–Trinajstić information content (AvgIpc) is 2.74. The van der Waals surface area contributed by atoms with Crippen LogP contribution in [-0.2, 0) is 11.2 Å². The number of carboxylic acids is 1. The van der Waals surface area contributed by atoms with Gasteiger partial charge in [-0.1, -0.05) is 30.3 Å². The van der Waals surface area contributed by atoms with Gasteiger partial charge in [-0.05, 0) is 53.1 Å². The summed E-state index contributed by atoms with van der Waals surface area (Å²) in [7, 11) is 3.37. The first-order chi connectivity index (χ1) is 14.0. The van der Waals surface area contributed by atoms with Gasteiger partial charge in [0.1, 0.15) is 5.75 Å². The maximum atomic E-state index is 12.6. The predicted octanol–water partition coefficient (Wildman–Crippen LogP) is 4.28. The molecule has 1 amide bonds. The summed E-state index contributed by atoms with van der Waals surface area (Å²) < 4.78 is 5.12. The van der Waals surface area contributed by atoms with Crippen LogP contribution in [0.25, 0.3) is 11.1 Å². The van der Waals surface area contributed by atoms with Gasteiger partial charge in [0.15, 0.2) is 0 Å². The van der Waals surface area contributed by atoms with Gasteiger partial charge in [0.25, 0.3) is 5.91 Å². The van der Waals surface area contributed by atoms with Gasteiger partial charge in [-0.25, -0.2) is 0 Å². The number of carbonyl (C=O) groups excluding carboxylic acids is 1. The summed E-state index contributed by atoms with van der Waals surface area (Å²) in [5.41, 5.74) is 4.55. The predicted molar refractivity (Wildman–Crippen MR) is 114 cm³/mol. The van der Waals surface area contributed by atoms with E-state index in [0.29, 0.717) is 17.0 Å². The zero-order chi connectivity index (χ0) is 20.8. The van der Waals surface area contributed by atoms with E-state index in [4.69, 9.17) is 9.84 Å². The molecule has 0 aliphatic carbocycles. The van der Waals surface area contributed by atoms with E-state index >= 15 is 0 Å². The number of rotatable bonds is 7. The lowest BCUT2D eigenvalue weighted by Crippen LogP contribution is -2.13. The van der Waals surface area contributed by atoms with E-state index in [1.807, 2.05) is 30.3 Å². The van der Waals surface area contributed by atoms with Gasteiger partial charge in [0.05, 0.1) is 24.9 Å². The summed E-state index contributed by atoms with van der Waals surface area (Å²) >= 11 is 0. The standard InChI is InChI=1S/C23H22N2O4/c1-24-20-12-9-18(16-5-3-15(4-6-16)13-22(26)27)14-21(20)25-23(28)17-7-10-19(29-2)11-8-17/h3-12,14,24H,13H2,1-2H3,(H,25,28)(H,26,27). The number of amides is 1. The number of carbonyl (C=O) groups is 2. The summed E-state index contributed by atoms with van der Waals surface area (Å²) in [4.78, 5) is 23.5. The van der Waals surface area contributed by atoms with Crippen molar-refractivity contribution in [3.8, 4) is 16.9 Å². The van der Waals surface area contributed by atoms with Crippen molar-refractivity contribution >= 4 is 23.3 Å². The second-order valence-electron chi connectivity index (χ2n) is 6.46. The zero-order valence-corrected chi connectivity index (χ0v) is 16.2. The van der Waals surface area contributed by atoms with E-state index in [-0.39, 0.29) is 12.3 Å². The minimum Gasteiger partial charge on any atom is -0.497 e. The van der Waals surface area contributed by atoms with Crippen LogP contribution in [0.15, 0.2) is 66.7 Å². The highest BCUT2D eigenvalue weighted by atomic mass is 16.5. The Balaban J connectivity index is 1.84. The fourth-order valence-electron chi connectivity index (χ4n) is 2.97. The van der Waals surface area contributed by atoms with Crippen molar-refractivity contribution in [3.05, 3.63) is 77.9 Å². The topological polar surface area (TPSA) is 87.7 Å². The van der Waals surface area contributed by atoms with E-state index in [1.165, 1.54) is 0 Å². The van der Waals surface area contributed by atoms with Crippen molar-refractivity contribution in [1.29, 1.82) is 0 Å². The number of benzene rings is 3. The average molecular weight is 390 g/mol. The van der Waals surface area contributed by atoms with Crippen molar-refractivity contribution in [2.45, 2.75) is 6.42 Å². The van der Waals surface area contributed by atoms with E-state index in [2.05, 4.69) is 10.6 Å². The summed E-state index contributed by atoms with van der Waals surface area (Å²) in [6, 6.07) is 20.0. The SMILES string of the molecule is CNc1ccc(-c2ccc(CC(=O)O)cc2)cc1NC(=O)c1ccc(OC)cc1. The molecule has 0 bridgehead atoms. The van der Waals surface area contributed by atoms with Gasteiger partial charge >= 0.3 is 5.97 Å². The number of carboxylic acid groups (broad SMARTS) is 1. The van der Waals surface area contributed by atoms with Crippen molar-refractivity contribution in [1.82, 2.24) is 0 Å². The highest BCUT2D eigenvalue weighted by Gasteiger charge is 2.11. The lowest BCUT2D eigenvalue weighted by Gasteiger charge is -2.13. The number of ether oxygens (including phenoxy) is 1. The first-order valence-electron chi connectivity index (χ1n) is 9.08. The van der Waals surface area contributed by atoms with E-state index in [0.717, 1.165) is 22.4 Å².